The molecule has 0 amide bonds. The average Bonchev–Trinajstić information content (AvgIpc) is 2.69. The van der Waals surface area contributed by atoms with E-state index in [2.05, 4.69) is 4.98 Å². The van der Waals surface area contributed by atoms with Gasteiger partial charge >= 0.3 is 5.97 Å². The van der Waals surface area contributed by atoms with Crippen LogP contribution in [0.1, 0.15) is 15.9 Å². The zero-order chi connectivity index (χ0) is 10.8. The third-order valence-electron chi connectivity index (χ3n) is 2.24. The Morgan fingerprint density at radius 3 is 2.69 bits per heavy atom. The topological polar surface area (TPSA) is 55.1 Å². The minimum atomic E-state index is -0.898. The maximum Gasteiger partial charge on any atom is 0.335 e. The van der Waals surface area contributed by atoms with Crippen molar-refractivity contribution in [3.8, 4) is 5.69 Å². The predicted octanol–water partition coefficient (Wildman–Crippen LogP) is 2.30. The molecule has 0 spiro atoms. The zero-order valence-electron chi connectivity index (χ0n) is 8.62. The van der Waals surface area contributed by atoms with Gasteiger partial charge in [0.2, 0.25) is 0 Å². The molecule has 2 rings (SSSR count). The first-order chi connectivity index (χ1) is 7.18. The number of hydrogen-bond acceptors (Lipinski definition) is 2. The van der Waals surface area contributed by atoms with E-state index >= 15 is 0 Å². The Morgan fingerprint density at radius 2 is 2.19 bits per heavy atom. The number of aromatic nitrogens is 2. The Hall–Kier alpha value is -1.81. The lowest BCUT2D eigenvalue weighted by molar-refractivity contribution is 0.0696. The van der Waals surface area contributed by atoms with Crippen LogP contribution in [0.15, 0.2) is 36.9 Å². The Labute approximate surface area is 99.0 Å². The maximum atomic E-state index is 10.8. The van der Waals surface area contributed by atoms with Gasteiger partial charge in [0.1, 0.15) is 0 Å². The summed E-state index contributed by atoms with van der Waals surface area (Å²) in [6.45, 7) is 1.78. The molecule has 1 heterocycles. The van der Waals surface area contributed by atoms with Crippen molar-refractivity contribution in [1.82, 2.24) is 9.55 Å². The van der Waals surface area contributed by atoms with Crippen molar-refractivity contribution in [2.24, 2.45) is 0 Å². The SMILES string of the molecule is Cc1cc(-n2ccnc2)ccc1C(=O)O.Cl. The molecule has 4 nitrogen and oxygen atoms in total. The molecule has 0 saturated carbocycles. The summed E-state index contributed by atoms with van der Waals surface area (Å²) in [5, 5.41) is 8.87. The van der Waals surface area contributed by atoms with Crippen LogP contribution in [-0.4, -0.2) is 20.6 Å². The average molecular weight is 239 g/mol. The number of rotatable bonds is 2. The summed E-state index contributed by atoms with van der Waals surface area (Å²) in [7, 11) is 0. The summed E-state index contributed by atoms with van der Waals surface area (Å²) < 4.78 is 1.83. The summed E-state index contributed by atoms with van der Waals surface area (Å²) in [6, 6.07) is 5.19. The number of carbonyl (C=O) groups is 1. The first-order valence-electron chi connectivity index (χ1n) is 4.51. The van der Waals surface area contributed by atoms with Gasteiger partial charge in [-0.1, -0.05) is 0 Å². The lowest BCUT2D eigenvalue weighted by Gasteiger charge is -2.05. The van der Waals surface area contributed by atoms with Crippen LogP contribution >= 0.6 is 12.4 Å². The Morgan fingerprint density at radius 1 is 1.44 bits per heavy atom. The highest BCUT2D eigenvalue weighted by Crippen LogP contribution is 2.14. The van der Waals surface area contributed by atoms with Crippen LogP contribution < -0.4 is 0 Å². The van der Waals surface area contributed by atoms with Crippen LogP contribution in [0.25, 0.3) is 5.69 Å². The largest absolute Gasteiger partial charge is 0.478 e. The van der Waals surface area contributed by atoms with E-state index in [1.165, 1.54) is 0 Å². The first kappa shape index (κ1) is 12.3. The molecule has 0 aliphatic carbocycles. The summed E-state index contributed by atoms with van der Waals surface area (Å²) in [5.41, 5.74) is 1.99. The van der Waals surface area contributed by atoms with Crippen molar-refractivity contribution in [1.29, 1.82) is 0 Å². The Bertz CT molecular complexity index is 495. The molecule has 0 saturated heterocycles. The van der Waals surface area contributed by atoms with Gasteiger partial charge in [-0.25, -0.2) is 9.78 Å². The smallest absolute Gasteiger partial charge is 0.335 e. The number of carboxylic acid groups (broad SMARTS) is 1. The van der Waals surface area contributed by atoms with Crippen molar-refractivity contribution in [2.45, 2.75) is 6.92 Å². The fourth-order valence-corrected chi connectivity index (χ4v) is 1.46. The zero-order valence-corrected chi connectivity index (χ0v) is 9.44. The molecule has 0 radical (unpaired) electrons. The van der Waals surface area contributed by atoms with Crippen molar-refractivity contribution in [3.63, 3.8) is 0 Å². The summed E-state index contributed by atoms with van der Waals surface area (Å²) in [5.74, 6) is -0.898. The van der Waals surface area contributed by atoms with Crippen molar-refractivity contribution in [2.75, 3.05) is 0 Å². The molecule has 84 valence electrons. The van der Waals surface area contributed by atoms with E-state index in [0.29, 0.717) is 5.56 Å². The second-order valence-corrected chi connectivity index (χ2v) is 3.27. The van der Waals surface area contributed by atoms with Crippen LogP contribution in [0.2, 0.25) is 0 Å². The molecule has 0 fully saturated rings. The third kappa shape index (κ3) is 2.23. The van der Waals surface area contributed by atoms with Crippen LogP contribution in [0.5, 0.6) is 0 Å². The molecule has 1 N–H and O–H groups in total. The van der Waals surface area contributed by atoms with Crippen LogP contribution in [0, 0.1) is 6.92 Å². The molecule has 0 unspecified atom stereocenters. The normalized spacial score (nSPS) is 9.56. The van der Waals surface area contributed by atoms with Crippen molar-refractivity contribution < 1.29 is 9.90 Å². The number of halogens is 1. The third-order valence-corrected chi connectivity index (χ3v) is 2.24. The minimum absolute atomic E-state index is 0. The number of carboxylic acids is 1. The molecule has 0 bridgehead atoms. The van der Waals surface area contributed by atoms with Crippen molar-refractivity contribution in [3.05, 3.63) is 48.0 Å². The molecule has 5 heteroatoms. The first-order valence-corrected chi connectivity index (χ1v) is 4.51. The van der Waals surface area contributed by atoms with Crippen molar-refractivity contribution >= 4 is 18.4 Å². The van der Waals surface area contributed by atoms with E-state index in [1.54, 1.807) is 31.6 Å². The van der Waals surface area contributed by atoms with E-state index in [9.17, 15) is 4.79 Å². The van der Waals surface area contributed by atoms with Crippen LogP contribution in [-0.2, 0) is 0 Å². The van der Waals surface area contributed by atoms with Gasteiger partial charge in [0.05, 0.1) is 11.9 Å². The van der Waals surface area contributed by atoms with E-state index < -0.39 is 5.97 Å². The Kier molecular flexibility index (Phi) is 3.68. The molecule has 2 aromatic rings. The predicted molar refractivity (Wildman–Crippen MR) is 62.5 cm³/mol. The molecule has 0 aliphatic rings. The van der Waals surface area contributed by atoms with Gasteiger partial charge in [0.25, 0.3) is 0 Å². The van der Waals surface area contributed by atoms with Crippen LogP contribution in [0.3, 0.4) is 0 Å². The number of benzene rings is 1. The number of hydrogen-bond donors (Lipinski definition) is 1. The number of aryl methyl sites for hydroxylation is 1. The molecular formula is C11H11ClN2O2. The van der Waals surface area contributed by atoms with Gasteiger partial charge in [-0.05, 0) is 30.7 Å². The highest BCUT2D eigenvalue weighted by Gasteiger charge is 2.07. The highest BCUT2D eigenvalue weighted by atomic mass is 35.5. The van der Waals surface area contributed by atoms with Gasteiger partial charge in [0, 0.05) is 18.1 Å². The fourth-order valence-electron chi connectivity index (χ4n) is 1.46. The lowest BCUT2D eigenvalue weighted by atomic mass is 10.1. The summed E-state index contributed by atoms with van der Waals surface area (Å²) in [6.07, 6.45) is 5.17. The molecule has 0 atom stereocenters. The van der Waals surface area contributed by atoms with Gasteiger partial charge in [-0.2, -0.15) is 0 Å². The molecule has 16 heavy (non-hydrogen) atoms. The second-order valence-electron chi connectivity index (χ2n) is 3.27. The number of imidazole rings is 1. The van der Waals surface area contributed by atoms with Gasteiger partial charge < -0.3 is 9.67 Å². The summed E-state index contributed by atoms with van der Waals surface area (Å²) in [4.78, 5) is 14.7. The fraction of sp³-hybridized carbons (Fsp3) is 0.0909. The minimum Gasteiger partial charge on any atom is -0.478 e. The maximum absolute atomic E-state index is 10.8. The van der Waals surface area contributed by atoms with E-state index in [-0.39, 0.29) is 12.4 Å². The van der Waals surface area contributed by atoms with E-state index in [1.807, 2.05) is 16.8 Å². The Balaban J connectivity index is 0.00000128. The van der Waals surface area contributed by atoms with Gasteiger partial charge in [-0.3, -0.25) is 0 Å². The molecular weight excluding hydrogens is 228 g/mol. The highest BCUT2D eigenvalue weighted by molar-refractivity contribution is 5.89. The van der Waals surface area contributed by atoms with Gasteiger partial charge in [0.15, 0.2) is 0 Å². The van der Waals surface area contributed by atoms with Crippen LogP contribution in [0.4, 0.5) is 0 Å². The second kappa shape index (κ2) is 4.81. The number of nitrogens with zero attached hydrogens (tertiary/aromatic N) is 2. The molecule has 0 aliphatic heterocycles. The standard InChI is InChI=1S/C11H10N2O2.ClH/c1-8-6-9(13-5-4-12-7-13)2-3-10(8)11(14)15;/h2-7H,1H3,(H,14,15);1H. The van der Waals surface area contributed by atoms with Gasteiger partial charge in [-0.15, -0.1) is 12.4 Å². The number of aromatic carboxylic acids is 1. The molecule has 1 aromatic carbocycles. The monoisotopic (exact) mass is 238 g/mol. The van der Waals surface area contributed by atoms with E-state index in [4.69, 9.17) is 5.11 Å². The quantitative estimate of drug-likeness (QED) is 0.874. The molecule has 1 aromatic heterocycles. The lowest BCUT2D eigenvalue weighted by Crippen LogP contribution is -2.01. The summed E-state index contributed by atoms with van der Waals surface area (Å²) >= 11 is 0. The van der Waals surface area contributed by atoms with E-state index in [0.717, 1.165) is 11.3 Å².